The highest BCUT2D eigenvalue weighted by Crippen LogP contribution is 2.31. The fraction of sp³-hybridized carbons (Fsp3) is 0.783. The molecular weight excluding hydrogens is 348 g/mol. The first-order valence-corrected chi connectivity index (χ1v) is 11.0. The maximum absolute atomic E-state index is 13.0. The first-order chi connectivity index (χ1) is 13.1. The SMILES string of the molecule is Cc1nc2c(c(N3CCC(C)CC3)n1)CN(C(=O)C[C@@H](C)CC(C)(C)C)CC2. The molecule has 0 spiro atoms. The summed E-state index contributed by atoms with van der Waals surface area (Å²) in [4.78, 5) is 27.0. The van der Waals surface area contributed by atoms with Gasteiger partial charge in [0, 0.05) is 38.0 Å². The molecule has 5 nitrogen and oxygen atoms in total. The highest BCUT2D eigenvalue weighted by Gasteiger charge is 2.29. The van der Waals surface area contributed by atoms with Crippen molar-refractivity contribution in [1.82, 2.24) is 14.9 Å². The lowest BCUT2D eigenvalue weighted by molar-refractivity contribution is -0.133. The smallest absolute Gasteiger partial charge is 0.223 e. The number of anilines is 1. The van der Waals surface area contributed by atoms with Gasteiger partial charge in [0.1, 0.15) is 11.6 Å². The van der Waals surface area contributed by atoms with Crippen molar-refractivity contribution in [1.29, 1.82) is 0 Å². The summed E-state index contributed by atoms with van der Waals surface area (Å²) in [6, 6.07) is 0. The molecule has 3 rings (SSSR count). The number of aryl methyl sites for hydroxylation is 1. The van der Waals surface area contributed by atoms with Gasteiger partial charge in [0.25, 0.3) is 0 Å². The van der Waals surface area contributed by atoms with Crippen molar-refractivity contribution in [3.63, 3.8) is 0 Å². The second kappa shape index (κ2) is 8.38. The zero-order valence-corrected chi connectivity index (χ0v) is 18.7. The summed E-state index contributed by atoms with van der Waals surface area (Å²) in [6.45, 7) is 16.8. The molecule has 1 aromatic rings. The number of piperidine rings is 1. The average Bonchev–Trinajstić information content (AvgIpc) is 2.59. The molecule has 1 fully saturated rings. The molecule has 1 aromatic heterocycles. The third-order valence-corrected chi connectivity index (χ3v) is 6.07. The maximum atomic E-state index is 13.0. The van der Waals surface area contributed by atoms with Gasteiger partial charge < -0.3 is 9.80 Å². The van der Waals surface area contributed by atoms with E-state index in [4.69, 9.17) is 9.97 Å². The Morgan fingerprint density at radius 1 is 1.18 bits per heavy atom. The van der Waals surface area contributed by atoms with E-state index in [1.165, 1.54) is 18.4 Å². The van der Waals surface area contributed by atoms with E-state index in [0.29, 0.717) is 18.9 Å². The number of aromatic nitrogens is 2. The van der Waals surface area contributed by atoms with Gasteiger partial charge in [-0.3, -0.25) is 4.79 Å². The minimum atomic E-state index is 0.262. The zero-order valence-electron chi connectivity index (χ0n) is 18.7. The lowest BCUT2D eigenvalue weighted by Gasteiger charge is -2.36. The average molecular weight is 387 g/mol. The van der Waals surface area contributed by atoms with E-state index in [2.05, 4.69) is 39.5 Å². The topological polar surface area (TPSA) is 49.3 Å². The third-order valence-electron chi connectivity index (χ3n) is 6.07. The quantitative estimate of drug-likeness (QED) is 0.771. The van der Waals surface area contributed by atoms with Crippen LogP contribution in [0.25, 0.3) is 0 Å². The number of carbonyl (C=O) groups is 1. The summed E-state index contributed by atoms with van der Waals surface area (Å²) < 4.78 is 0. The van der Waals surface area contributed by atoms with Crippen LogP contribution in [0.2, 0.25) is 0 Å². The molecule has 0 bridgehead atoms. The predicted molar refractivity (Wildman–Crippen MR) is 114 cm³/mol. The maximum Gasteiger partial charge on any atom is 0.223 e. The van der Waals surface area contributed by atoms with Gasteiger partial charge in [-0.1, -0.05) is 34.6 Å². The summed E-state index contributed by atoms with van der Waals surface area (Å²) in [7, 11) is 0. The Morgan fingerprint density at radius 3 is 2.50 bits per heavy atom. The van der Waals surface area contributed by atoms with Crippen molar-refractivity contribution in [2.24, 2.45) is 17.3 Å². The molecule has 0 saturated carbocycles. The Kier molecular flexibility index (Phi) is 6.31. The lowest BCUT2D eigenvalue weighted by atomic mass is 9.84. The first kappa shape index (κ1) is 21.1. The summed E-state index contributed by atoms with van der Waals surface area (Å²) in [5.74, 6) is 3.41. The van der Waals surface area contributed by atoms with Crippen molar-refractivity contribution < 1.29 is 4.79 Å². The standard InChI is InChI=1S/C23H38N4O/c1-16-7-10-26(11-8-16)22-19-15-27(12-9-20(19)24-18(3)25-22)21(28)13-17(2)14-23(4,5)6/h16-17H,7-15H2,1-6H3/t17-/m1/s1. The Hall–Kier alpha value is -1.65. The van der Waals surface area contributed by atoms with Crippen LogP contribution in [0.15, 0.2) is 0 Å². The summed E-state index contributed by atoms with van der Waals surface area (Å²) in [5.41, 5.74) is 2.59. The zero-order chi connectivity index (χ0) is 20.5. The van der Waals surface area contributed by atoms with Crippen LogP contribution in [0.5, 0.6) is 0 Å². The number of carbonyl (C=O) groups excluding carboxylic acids is 1. The van der Waals surface area contributed by atoms with E-state index in [9.17, 15) is 4.79 Å². The molecular formula is C23H38N4O. The van der Waals surface area contributed by atoms with Crippen LogP contribution in [0.3, 0.4) is 0 Å². The number of rotatable bonds is 4. The number of nitrogens with zero attached hydrogens (tertiary/aromatic N) is 4. The molecule has 0 radical (unpaired) electrons. The molecule has 0 unspecified atom stereocenters. The Morgan fingerprint density at radius 2 is 1.86 bits per heavy atom. The summed E-state index contributed by atoms with van der Waals surface area (Å²) in [6.07, 6.45) is 4.98. The first-order valence-electron chi connectivity index (χ1n) is 11.0. The molecule has 2 aliphatic rings. The molecule has 1 amide bonds. The van der Waals surface area contributed by atoms with E-state index < -0.39 is 0 Å². The fourth-order valence-electron chi connectivity index (χ4n) is 4.76. The molecule has 1 atom stereocenters. The fourth-order valence-corrected chi connectivity index (χ4v) is 4.76. The van der Waals surface area contributed by atoms with Crippen LogP contribution in [-0.2, 0) is 17.8 Å². The van der Waals surface area contributed by atoms with E-state index in [-0.39, 0.29) is 11.3 Å². The Labute approximate surface area is 170 Å². The summed E-state index contributed by atoms with van der Waals surface area (Å²) in [5, 5.41) is 0. The monoisotopic (exact) mass is 386 g/mol. The molecule has 3 heterocycles. The van der Waals surface area contributed by atoms with E-state index in [1.54, 1.807) is 0 Å². The molecule has 0 aromatic carbocycles. The van der Waals surface area contributed by atoms with Gasteiger partial charge in [-0.25, -0.2) is 9.97 Å². The van der Waals surface area contributed by atoms with Gasteiger partial charge in [-0.15, -0.1) is 0 Å². The van der Waals surface area contributed by atoms with E-state index in [1.807, 2.05) is 11.8 Å². The number of fused-ring (bicyclic) bond motifs is 1. The second-order valence-electron chi connectivity index (χ2n) is 10.3. The van der Waals surface area contributed by atoms with Gasteiger partial charge in [0.15, 0.2) is 0 Å². The number of hydrogen-bond acceptors (Lipinski definition) is 4. The highest BCUT2D eigenvalue weighted by molar-refractivity contribution is 5.77. The molecule has 5 heteroatoms. The van der Waals surface area contributed by atoms with Crippen LogP contribution in [0.1, 0.15) is 77.4 Å². The summed E-state index contributed by atoms with van der Waals surface area (Å²) >= 11 is 0. The van der Waals surface area contributed by atoms with E-state index in [0.717, 1.165) is 55.7 Å². The van der Waals surface area contributed by atoms with Gasteiger partial charge in [0.05, 0.1) is 12.2 Å². The van der Waals surface area contributed by atoms with Gasteiger partial charge in [0.2, 0.25) is 5.91 Å². The predicted octanol–water partition coefficient (Wildman–Crippen LogP) is 4.37. The van der Waals surface area contributed by atoms with Crippen molar-refractivity contribution in [3.8, 4) is 0 Å². The van der Waals surface area contributed by atoms with E-state index >= 15 is 0 Å². The Balaban J connectivity index is 1.73. The minimum absolute atomic E-state index is 0.262. The lowest BCUT2D eigenvalue weighted by Crippen LogP contribution is -2.40. The van der Waals surface area contributed by atoms with Crippen molar-refractivity contribution in [3.05, 3.63) is 17.1 Å². The van der Waals surface area contributed by atoms with Crippen molar-refractivity contribution in [2.45, 2.75) is 80.2 Å². The minimum Gasteiger partial charge on any atom is -0.356 e. The second-order valence-corrected chi connectivity index (χ2v) is 10.3. The molecule has 1 saturated heterocycles. The van der Waals surface area contributed by atoms with Gasteiger partial charge in [-0.2, -0.15) is 0 Å². The normalized spacial score (nSPS) is 19.5. The van der Waals surface area contributed by atoms with Crippen molar-refractivity contribution >= 4 is 11.7 Å². The van der Waals surface area contributed by atoms with Gasteiger partial charge in [-0.05, 0) is 43.4 Å². The third kappa shape index (κ3) is 5.24. The largest absolute Gasteiger partial charge is 0.356 e. The van der Waals surface area contributed by atoms with Gasteiger partial charge >= 0.3 is 0 Å². The molecule has 2 aliphatic heterocycles. The highest BCUT2D eigenvalue weighted by atomic mass is 16.2. The number of amides is 1. The van der Waals surface area contributed by atoms with Crippen LogP contribution in [0.4, 0.5) is 5.82 Å². The number of hydrogen-bond donors (Lipinski definition) is 0. The van der Waals surface area contributed by atoms with Crippen molar-refractivity contribution in [2.75, 3.05) is 24.5 Å². The Bertz CT molecular complexity index is 701. The molecule has 28 heavy (non-hydrogen) atoms. The molecule has 0 aliphatic carbocycles. The van der Waals surface area contributed by atoms with Crippen LogP contribution in [0, 0.1) is 24.2 Å². The molecule has 156 valence electrons. The van der Waals surface area contributed by atoms with Crippen LogP contribution in [-0.4, -0.2) is 40.4 Å². The van der Waals surface area contributed by atoms with Crippen LogP contribution < -0.4 is 4.90 Å². The van der Waals surface area contributed by atoms with Crippen LogP contribution >= 0.6 is 0 Å². The molecule has 0 N–H and O–H groups in total.